The standard InChI is InChI=1S/C50H67N11O11S2/c1-26(62)39(42(53)65)59-49(72)41-50(3,4)74-73-25-38(58-43(66)33(52)21-28-11-6-5-7-12-28)47(70)56-36(22-29-16-18-31(64)19-17-29)45(68)57-37(23-30-24-54-34-14-9-8-13-32(30)34)46(69)55-35(15-10-20-51)44(67)60-40(27(2)63)48(71)61-41/h5-9,11-14,16-19,24,26-27,33,35-41,54,62-64H,10,15,20-23,25,51-52H2,1-4H3,(H2,53,65)(H,55,69)(H,56,70)(H,57,68)(H,58,66)(H,59,72)(H,60,67)(H,61,71)/t26-,27-,33-,35?,36+,37-,38+,39+,40+,41-/m1/s1. The molecule has 0 radical (unpaired) electrons. The molecular weight excluding hydrogens is 995 g/mol. The lowest BCUT2D eigenvalue weighted by Crippen LogP contribution is -2.65. The van der Waals surface area contributed by atoms with Gasteiger partial charge in [0.2, 0.25) is 47.3 Å². The van der Waals surface area contributed by atoms with Gasteiger partial charge in [-0.3, -0.25) is 38.4 Å². The highest BCUT2D eigenvalue weighted by Crippen LogP contribution is 2.39. The molecule has 1 aromatic heterocycles. The van der Waals surface area contributed by atoms with Crippen molar-refractivity contribution in [3.8, 4) is 5.75 Å². The Hall–Kier alpha value is -6.70. The molecule has 4 aromatic rings. The van der Waals surface area contributed by atoms with Gasteiger partial charge in [-0.05, 0) is 88.4 Å². The van der Waals surface area contributed by atoms with Crippen LogP contribution < -0.4 is 54.4 Å². The number of hydrogen-bond donors (Lipinski definition) is 14. The number of primary amides is 1. The van der Waals surface area contributed by atoms with Crippen LogP contribution in [-0.4, -0.2) is 145 Å². The largest absolute Gasteiger partial charge is 0.508 e. The van der Waals surface area contributed by atoms with Gasteiger partial charge in [-0.1, -0.05) is 82.3 Å². The van der Waals surface area contributed by atoms with E-state index in [1.807, 2.05) is 18.2 Å². The van der Waals surface area contributed by atoms with Gasteiger partial charge in [-0.2, -0.15) is 0 Å². The van der Waals surface area contributed by atoms with Gasteiger partial charge in [0.15, 0.2) is 0 Å². The summed E-state index contributed by atoms with van der Waals surface area (Å²) in [5, 5.41) is 50.5. The SMILES string of the molecule is C[C@@H](O)[C@H](NC(=O)[C@H]1NC(=O)[C@H]([C@@H](C)O)NC(=O)C(CCCN)NC(=O)[C@@H](Cc2c[nH]c3ccccc23)NC(=O)[C@H](Cc2ccc(O)cc2)NC(=O)[C@@H](NC(=O)[C@H](N)Cc2ccccc2)CSSC1(C)C)C(N)=O. The molecule has 24 heteroatoms. The molecule has 5 rings (SSSR count). The number of carbonyl (C=O) groups excluding carboxylic acids is 8. The summed E-state index contributed by atoms with van der Waals surface area (Å²) in [6, 6.07) is 10.1. The first-order chi connectivity index (χ1) is 35.1. The van der Waals surface area contributed by atoms with Crippen molar-refractivity contribution in [2.45, 2.75) is 125 Å². The predicted octanol–water partition coefficient (Wildman–Crippen LogP) is -1.22. The van der Waals surface area contributed by atoms with E-state index in [0.717, 1.165) is 38.1 Å². The lowest BCUT2D eigenvalue weighted by Gasteiger charge is -2.36. The molecule has 1 saturated heterocycles. The number of nitrogens with one attached hydrogen (secondary N) is 8. The topological polar surface area (TPSA) is 375 Å². The van der Waals surface area contributed by atoms with E-state index in [1.165, 1.54) is 52.0 Å². The number of aliphatic hydroxyl groups is 2. The zero-order valence-corrected chi connectivity index (χ0v) is 43.1. The van der Waals surface area contributed by atoms with E-state index in [4.69, 9.17) is 17.2 Å². The van der Waals surface area contributed by atoms with Crippen molar-refractivity contribution >= 4 is 79.7 Å². The van der Waals surface area contributed by atoms with Crippen LogP contribution in [0.2, 0.25) is 0 Å². The highest BCUT2D eigenvalue weighted by atomic mass is 33.1. The van der Waals surface area contributed by atoms with Crippen molar-refractivity contribution in [1.82, 2.24) is 42.2 Å². The van der Waals surface area contributed by atoms with Crippen molar-refractivity contribution in [2.24, 2.45) is 17.2 Å². The van der Waals surface area contributed by atoms with E-state index in [0.29, 0.717) is 11.1 Å². The van der Waals surface area contributed by atoms with Crippen LogP contribution in [0.4, 0.5) is 0 Å². The Labute approximate surface area is 436 Å². The summed E-state index contributed by atoms with van der Waals surface area (Å²) in [4.78, 5) is 116. The van der Waals surface area contributed by atoms with Crippen LogP contribution >= 0.6 is 21.6 Å². The predicted molar refractivity (Wildman–Crippen MR) is 280 cm³/mol. The van der Waals surface area contributed by atoms with Crippen molar-refractivity contribution in [1.29, 1.82) is 0 Å². The Bertz CT molecular complexity index is 2600. The number of fused-ring (bicyclic) bond motifs is 1. The first-order valence-electron chi connectivity index (χ1n) is 24.0. The van der Waals surface area contributed by atoms with Gasteiger partial charge in [0, 0.05) is 40.4 Å². The number of nitrogens with two attached hydrogens (primary N) is 3. The molecule has 10 atom stereocenters. The second-order valence-corrected chi connectivity index (χ2v) is 21.7. The summed E-state index contributed by atoms with van der Waals surface area (Å²) >= 11 is 0. The van der Waals surface area contributed by atoms with Crippen LogP contribution in [-0.2, 0) is 57.6 Å². The van der Waals surface area contributed by atoms with Crippen molar-refractivity contribution in [3.63, 3.8) is 0 Å². The number of para-hydroxylation sites is 1. The molecule has 400 valence electrons. The Kier molecular flexibility index (Phi) is 21.2. The molecular formula is C50H67N11O11S2. The normalized spacial score (nSPS) is 23.1. The van der Waals surface area contributed by atoms with Gasteiger partial charge >= 0.3 is 0 Å². The molecule has 1 aliphatic heterocycles. The Morgan fingerprint density at radius 3 is 2.01 bits per heavy atom. The lowest BCUT2D eigenvalue weighted by molar-refractivity contribution is -0.137. The van der Waals surface area contributed by atoms with Gasteiger partial charge in [0.1, 0.15) is 48.0 Å². The van der Waals surface area contributed by atoms with E-state index >= 15 is 0 Å². The molecule has 8 amide bonds. The zero-order chi connectivity index (χ0) is 54.3. The van der Waals surface area contributed by atoms with Crippen molar-refractivity contribution in [2.75, 3.05) is 12.3 Å². The van der Waals surface area contributed by atoms with Crippen LogP contribution in [0.1, 0.15) is 57.2 Å². The summed E-state index contributed by atoms with van der Waals surface area (Å²) in [6.45, 7) is 5.57. The maximum Gasteiger partial charge on any atom is 0.245 e. The van der Waals surface area contributed by atoms with Gasteiger partial charge in [-0.25, -0.2) is 0 Å². The minimum atomic E-state index is -1.76. The molecule has 74 heavy (non-hydrogen) atoms. The second-order valence-electron chi connectivity index (χ2n) is 18.7. The number of aromatic hydroxyl groups is 1. The van der Waals surface area contributed by atoms with Crippen LogP contribution in [0.15, 0.2) is 85.1 Å². The monoisotopic (exact) mass is 1060 g/mol. The van der Waals surface area contributed by atoms with E-state index in [2.05, 4.69) is 42.2 Å². The number of aromatic amines is 1. The van der Waals surface area contributed by atoms with E-state index in [9.17, 15) is 53.7 Å². The zero-order valence-electron chi connectivity index (χ0n) is 41.5. The molecule has 0 saturated carbocycles. The molecule has 1 unspecified atom stereocenters. The van der Waals surface area contributed by atoms with Crippen LogP contribution in [0.5, 0.6) is 5.75 Å². The van der Waals surface area contributed by atoms with E-state index < -0.39 is 113 Å². The summed E-state index contributed by atoms with van der Waals surface area (Å²) in [7, 11) is 1.94. The van der Waals surface area contributed by atoms with Crippen LogP contribution in [0.3, 0.4) is 0 Å². The third-order valence-electron chi connectivity index (χ3n) is 12.2. The minimum Gasteiger partial charge on any atom is -0.508 e. The number of hydrogen-bond acceptors (Lipinski definition) is 15. The fourth-order valence-electron chi connectivity index (χ4n) is 8.05. The molecule has 1 aliphatic rings. The molecule has 0 spiro atoms. The second kappa shape index (κ2) is 27.0. The number of aliphatic hydroxyl groups excluding tert-OH is 2. The molecule has 3 aromatic carbocycles. The Morgan fingerprint density at radius 1 is 0.770 bits per heavy atom. The first-order valence-corrected chi connectivity index (χ1v) is 26.3. The summed E-state index contributed by atoms with van der Waals surface area (Å²) < 4.78 is -1.42. The molecule has 22 nitrogen and oxygen atoms in total. The first kappa shape index (κ1) is 58.2. The fourth-order valence-corrected chi connectivity index (χ4v) is 10.9. The number of carbonyl (C=O) groups is 8. The molecule has 0 aliphatic carbocycles. The highest BCUT2D eigenvalue weighted by molar-refractivity contribution is 8.77. The number of phenolic OH excluding ortho intramolecular Hbond substituents is 1. The Balaban J connectivity index is 1.62. The average Bonchev–Trinajstić information content (AvgIpc) is 3.76. The smallest absolute Gasteiger partial charge is 0.245 e. The fraction of sp³-hybridized carbons (Fsp3) is 0.440. The van der Waals surface area contributed by atoms with Crippen molar-refractivity contribution in [3.05, 3.63) is 102 Å². The summed E-state index contributed by atoms with van der Waals surface area (Å²) in [5.74, 6) is -7.70. The quantitative estimate of drug-likeness (QED) is 0.0585. The Morgan fingerprint density at radius 2 is 1.38 bits per heavy atom. The number of rotatable bonds is 16. The van der Waals surface area contributed by atoms with E-state index in [-0.39, 0.29) is 50.2 Å². The lowest BCUT2D eigenvalue weighted by atomic mass is 9.99. The summed E-state index contributed by atoms with van der Waals surface area (Å²) in [6.07, 6.45) is -1.53. The number of phenols is 1. The maximum absolute atomic E-state index is 14.8. The molecule has 17 N–H and O–H groups in total. The number of amides is 8. The van der Waals surface area contributed by atoms with Gasteiger partial charge < -0.3 is 74.7 Å². The van der Waals surface area contributed by atoms with Crippen LogP contribution in [0, 0.1) is 0 Å². The van der Waals surface area contributed by atoms with Gasteiger partial charge in [0.25, 0.3) is 0 Å². The molecule has 2 heterocycles. The van der Waals surface area contributed by atoms with Gasteiger partial charge in [-0.15, -0.1) is 0 Å². The maximum atomic E-state index is 14.8. The summed E-state index contributed by atoms with van der Waals surface area (Å²) in [5.41, 5.74) is 20.3. The van der Waals surface area contributed by atoms with E-state index in [1.54, 1.807) is 42.6 Å². The number of H-pyrrole nitrogens is 1. The molecule has 1 fully saturated rings. The third kappa shape index (κ3) is 16.4. The van der Waals surface area contributed by atoms with Gasteiger partial charge in [0.05, 0.1) is 18.2 Å². The van der Waals surface area contributed by atoms with Crippen LogP contribution in [0.25, 0.3) is 10.9 Å². The highest BCUT2D eigenvalue weighted by Gasteiger charge is 2.43. The third-order valence-corrected chi connectivity index (χ3v) is 15.5. The number of benzene rings is 3. The molecule has 0 bridgehead atoms. The minimum absolute atomic E-state index is 0.0658. The van der Waals surface area contributed by atoms with Crippen molar-refractivity contribution < 1.29 is 53.7 Å². The average molecular weight is 1060 g/mol. The number of aromatic nitrogens is 1.